The molecule has 1 amide bonds. The van der Waals surface area contributed by atoms with Gasteiger partial charge in [0.25, 0.3) is 5.91 Å². The fourth-order valence-electron chi connectivity index (χ4n) is 3.86. The number of nitrogens with zero attached hydrogens (tertiary/aromatic N) is 5. The first kappa shape index (κ1) is 22.9. The number of thiophene rings is 1. The number of carbonyl (C=O) groups is 1. The van der Waals surface area contributed by atoms with E-state index in [-0.39, 0.29) is 11.9 Å². The lowest BCUT2D eigenvalue weighted by Crippen LogP contribution is -2.42. The third-order valence-corrected chi connectivity index (χ3v) is 6.65. The largest absolute Gasteiger partial charge is 0.373 e. The van der Waals surface area contributed by atoms with Crippen molar-refractivity contribution in [1.82, 2.24) is 29.8 Å². The maximum Gasteiger partial charge on any atom is 0.251 e. The summed E-state index contributed by atoms with van der Waals surface area (Å²) in [6.07, 6.45) is 3.64. The molecule has 0 bridgehead atoms. The fourth-order valence-corrected chi connectivity index (χ4v) is 4.55. The van der Waals surface area contributed by atoms with E-state index in [1.54, 1.807) is 41.2 Å². The minimum absolute atomic E-state index is 0.127. The summed E-state index contributed by atoms with van der Waals surface area (Å²) in [4.78, 5) is 25.9. The first-order valence-electron chi connectivity index (χ1n) is 11.1. The van der Waals surface area contributed by atoms with E-state index in [0.717, 1.165) is 29.2 Å². The Hall–Kier alpha value is -3.30. The van der Waals surface area contributed by atoms with E-state index in [1.165, 1.54) is 0 Å². The number of hydrogen-bond donors (Lipinski definition) is 2. The lowest BCUT2D eigenvalue weighted by Gasteiger charge is -2.26. The zero-order valence-corrected chi connectivity index (χ0v) is 20.2. The van der Waals surface area contributed by atoms with Crippen LogP contribution >= 0.6 is 11.3 Å². The number of aromatic nitrogens is 4. The average molecular weight is 464 g/mol. The second-order valence-electron chi connectivity index (χ2n) is 7.77. The molecular weight excluding hydrogens is 434 g/mol. The first-order valence-corrected chi connectivity index (χ1v) is 12.0. The molecule has 0 aliphatic carbocycles. The SMILES string of the molecule is CCN(CC)C(C)CNC(=O)c1cc(NC)nc(-c2cnn3ccc(-c4cccs4)nc23)c1. The smallest absolute Gasteiger partial charge is 0.251 e. The third kappa shape index (κ3) is 4.89. The number of likely N-dealkylation sites (N-methyl/N-ethyl adjacent to an activating group) is 1. The van der Waals surface area contributed by atoms with Crippen LogP contribution in [0.5, 0.6) is 0 Å². The summed E-state index contributed by atoms with van der Waals surface area (Å²) in [6, 6.07) is 9.82. The standard InChI is InChI=1S/C24H29N7OS/c1-5-30(6-2)16(3)14-26-24(32)17-12-20(28-22(13-17)25-4)18-15-27-31-10-9-19(29-23(18)31)21-8-7-11-33-21/h7-13,15-16H,5-6,14H2,1-4H3,(H,25,28)(H,26,32). The molecule has 33 heavy (non-hydrogen) atoms. The van der Waals surface area contributed by atoms with Crippen LogP contribution in [0.15, 0.2) is 48.1 Å². The Kier molecular flexibility index (Phi) is 7.00. The molecule has 0 radical (unpaired) electrons. The third-order valence-electron chi connectivity index (χ3n) is 5.76. The van der Waals surface area contributed by atoms with Crippen LogP contribution in [0.25, 0.3) is 27.5 Å². The summed E-state index contributed by atoms with van der Waals surface area (Å²) in [5.74, 6) is 0.487. The molecule has 0 aromatic carbocycles. The zero-order valence-electron chi connectivity index (χ0n) is 19.4. The highest BCUT2D eigenvalue weighted by Crippen LogP contribution is 2.28. The number of amides is 1. The first-order chi connectivity index (χ1) is 16.0. The summed E-state index contributed by atoms with van der Waals surface area (Å²) in [5, 5.41) is 12.6. The van der Waals surface area contributed by atoms with Crippen LogP contribution in [0.3, 0.4) is 0 Å². The van der Waals surface area contributed by atoms with Gasteiger partial charge in [0.05, 0.1) is 28.0 Å². The molecule has 4 rings (SSSR count). The van der Waals surface area contributed by atoms with E-state index in [0.29, 0.717) is 29.3 Å². The molecule has 0 saturated carbocycles. The van der Waals surface area contributed by atoms with Crippen LogP contribution < -0.4 is 10.6 Å². The van der Waals surface area contributed by atoms with E-state index in [4.69, 9.17) is 4.98 Å². The van der Waals surface area contributed by atoms with Gasteiger partial charge in [-0.15, -0.1) is 11.3 Å². The van der Waals surface area contributed by atoms with Crippen molar-refractivity contribution >= 4 is 28.7 Å². The summed E-state index contributed by atoms with van der Waals surface area (Å²) in [7, 11) is 1.79. The van der Waals surface area contributed by atoms with Gasteiger partial charge in [-0.1, -0.05) is 19.9 Å². The lowest BCUT2D eigenvalue weighted by atomic mass is 10.1. The Morgan fingerprint density at radius 2 is 2.00 bits per heavy atom. The molecule has 0 spiro atoms. The Morgan fingerprint density at radius 3 is 2.70 bits per heavy atom. The number of carbonyl (C=O) groups excluding carboxylic acids is 1. The summed E-state index contributed by atoms with van der Waals surface area (Å²) in [5.41, 5.74) is 3.55. The molecule has 8 nitrogen and oxygen atoms in total. The van der Waals surface area contributed by atoms with Gasteiger partial charge in [0.15, 0.2) is 5.65 Å². The predicted molar refractivity (Wildman–Crippen MR) is 134 cm³/mol. The number of anilines is 1. The molecule has 172 valence electrons. The monoisotopic (exact) mass is 463 g/mol. The van der Waals surface area contributed by atoms with Crippen molar-refractivity contribution in [3.05, 3.63) is 53.7 Å². The number of pyridine rings is 1. The quantitative estimate of drug-likeness (QED) is 0.390. The number of rotatable bonds is 9. The van der Waals surface area contributed by atoms with E-state index in [9.17, 15) is 4.79 Å². The average Bonchev–Trinajstić information content (AvgIpc) is 3.52. The Balaban J connectivity index is 1.65. The highest BCUT2D eigenvalue weighted by atomic mass is 32.1. The van der Waals surface area contributed by atoms with Gasteiger partial charge in [0, 0.05) is 31.4 Å². The highest BCUT2D eigenvalue weighted by Gasteiger charge is 2.17. The minimum Gasteiger partial charge on any atom is -0.373 e. The van der Waals surface area contributed by atoms with Crippen LogP contribution in [0.2, 0.25) is 0 Å². The molecule has 1 atom stereocenters. The Bertz CT molecular complexity index is 1230. The van der Waals surface area contributed by atoms with Gasteiger partial charge in [0.1, 0.15) is 5.82 Å². The molecule has 9 heteroatoms. The van der Waals surface area contributed by atoms with Crippen LogP contribution in [0, 0.1) is 0 Å². The highest BCUT2D eigenvalue weighted by molar-refractivity contribution is 7.13. The van der Waals surface area contributed by atoms with E-state index < -0.39 is 0 Å². The van der Waals surface area contributed by atoms with Crippen molar-refractivity contribution in [2.45, 2.75) is 26.8 Å². The molecule has 2 N–H and O–H groups in total. The van der Waals surface area contributed by atoms with Gasteiger partial charge in [-0.3, -0.25) is 9.69 Å². The van der Waals surface area contributed by atoms with E-state index in [2.05, 4.69) is 46.4 Å². The van der Waals surface area contributed by atoms with Gasteiger partial charge >= 0.3 is 0 Å². The van der Waals surface area contributed by atoms with Crippen molar-refractivity contribution in [3.8, 4) is 21.8 Å². The summed E-state index contributed by atoms with van der Waals surface area (Å²) >= 11 is 1.64. The summed E-state index contributed by atoms with van der Waals surface area (Å²) < 4.78 is 1.73. The number of fused-ring (bicyclic) bond motifs is 1. The molecule has 4 heterocycles. The maximum absolute atomic E-state index is 13.0. The van der Waals surface area contributed by atoms with Crippen molar-refractivity contribution in [2.24, 2.45) is 0 Å². The molecule has 1 unspecified atom stereocenters. The fraction of sp³-hybridized carbons (Fsp3) is 0.333. The van der Waals surface area contributed by atoms with E-state index >= 15 is 0 Å². The topological polar surface area (TPSA) is 87.5 Å². The van der Waals surface area contributed by atoms with Crippen LogP contribution in [0.4, 0.5) is 5.82 Å². The molecule has 0 saturated heterocycles. The number of hydrogen-bond acceptors (Lipinski definition) is 7. The molecule has 0 fully saturated rings. The van der Waals surface area contributed by atoms with Crippen molar-refractivity contribution in [3.63, 3.8) is 0 Å². The van der Waals surface area contributed by atoms with Gasteiger partial charge in [0.2, 0.25) is 0 Å². The normalized spacial score (nSPS) is 12.3. The van der Waals surface area contributed by atoms with Crippen molar-refractivity contribution in [2.75, 3.05) is 32.0 Å². The van der Waals surface area contributed by atoms with Crippen molar-refractivity contribution < 1.29 is 4.79 Å². The van der Waals surface area contributed by atoms with Crippen LogP contribution in [-0.4, -0.2) is 63.1 Å². The van der Waals surface area contributed by atoms with E-state index in [1.807, 2.05) is 29.8 Å². The second-order valence-corrected chi connectivity index (χ2v) is 8.72. The molecule has 0 aliphatic rings. The summed E-state index contributed by atoms with van der Waals surface area (Å²) in [6.45, 7) is 8.86. The molecule has 0 aliphatic heterocycles. The van der Waals surface area contributed by atoms with Crippen LogP contribution in [0.1, 0.15) is 31.1 Å². The molecule has 4 aromatic rings. The second kappa shape index (κ2) is 10.1. The molecular formula is C24H29N7OS. The molecule has 4 aromatic heterocycles. The minimum atomic E-state index is -0.127. The predicted octanol–water partition coefficient (Wildman–Crippen LogP) is 4.02. The maximum atomic E-state index is 13.0. The van der Waals surface area contributed by atoms with Crippen LogP contribution in [-0.2, 0) is 0 Å². The number of nitrogens with one attached hydrogen (secondary N) is 2. The van der Waals surface area contributed by atoms with Gasteiger partial charge in [-0.2, -0.15) is 5.10 Å². The van der Waals surface area contributed by atoms with Gasteiger partial charge in [-0.05, 0) is 49.7 Å². The Labute approximate surface area is 197 Å². The zero-order chi connectivity index (χ0) is 23.4. The van der Waals surface area contributed by atoms with Gasteiger partial charge in [-0.25, -0.2) is 14.5 Å². The van der Waals surface area contributed by atoms with Crippen molar-refractivity contribution in [1.29, 1.82) is 0 Å². The Morgan fingerprint density at radius 1 is 1.18 bits per heavy atom. The lowest BCUT2D eigenvalue weighted by molar-refractivity contribution is 0.0938. The van der Waals surface area contributed by atoms with Gasteiger partial charge < -0.3 is 10.6 Å².